The zero-order valence-corrected chi connectivity index (χ0v) is 10.9. The van der Waals surface area contributed by atoms with Gasteiger partial charge in [-0.1, -0.05) is 0 Å². The minimum atomic E-state index is -0.667. The Balaban J connectivity index is 2.28. The minimum Gasteiger partial charge on any atom is -0.389 e. The molecule has 18 heavy (non-hydrogen) atoms. The Morgan fingerprint density at radius 2 is 2.22 bits per heavy atom. The van der Waals surface area contributed by atoms with Crippen LogP contribution in [0.25, 0.3) is 0 Å². The van der Waals surface area contributed by atoms with Crippen LogP contribution in [-0.2, 0) is 4.74 Å². The number of ether oxygens (including phenoxy) is 1. The Labute approximate surface area is 107 Å². The molecule has 1 atom stereocenters. The lowest BCUT2D eigenvalue weighted by atomic mass is 10.1. The predicted molar refractivity (Wildman–Crippen MR) is 69.3 cm³/mol. The molecular weight excluding hydrogens is 233 g/mol. The maximum absolute atomic E-state index is 13.3. The summed E-state index contributed by atoms with van der Waals surface area (Å²) in [4.78, 5) is 2.21. The molecule has 0 amide bonds. The second-order valence-electron chi connectivity index (χ2n) is 4.80. The molecule has 1 aromatic carbocycles. The molecule has 0 unspecified atom stereocenters. The van der Waals surface area contributed by atoms with Gasteiger partial charge in [-0.15, -0.1) is 0 Å². The summed E-state index contributed by atoms with van der Waals surface area (Å²) in [7, 11) is 1.67. The smallest absolute Gasteiger partial charge is 0.123 e. The molecule has 1 saturated carbocycles. The fourth-order valence-electron chi connectivity index (χ4n) is 2.20. The van der Waals surface area contributed by atoms with E-state index in [4.69, 9.17) is 4.74 Å². The van der Waals surface area contributed by atoms with Crippen LogP contribution in [0.1, 0.15) is 31.4 Å². The first-order valence-electron chi connectivity index (χ1n) is 6.36. The topological polar surface area (TPSA) is 32.7 Å². The Bertz CT molecular complexity index is 405. The quantitative estimate of drug-likeness (QED) is 0.845. The van der Waals surface area contributed by atoms with Crippen molar-refractivity contribution >= 4 is 5.69 Å². The standard InChI is InChI=1S/C14H20FNO2/c1-10(17)13-9-11(15)3-6-14(13)16(7-8-18-2)12-4-5-12/h3,6,9-10,12,17H,4-5,7-8H2,1-2H3/t10-/m0/s1. The Morgan fingerprint density at radius 3 is 2.78 bits per heavy atom. The van der Waals surface area contributed by atoms with E-state index in [9.17, 15) is 9.50 Å². The number of benzene rings is 1. The summed E-state index contributed by atoms with van der Waals surface area (Å²) in [5.74, 6) is -0.308. The molecular formula is C14H20FNO2. The van der Waals surface area contributed by atoms with Crippen molar-refractivity contribution < 1.29 is 14.2 Å². The fraction of sp³-hybridized carbons (Fsp3) is 0.571. The molecule has 0 saturated heterocycles. The highest BCUT2D eigenvalue weighted by Crippen LogP contribution is 2.35. The van der Waals surface area contributed by atoms with Gasteiger partial charge in [0.1, 0.15) is 5.82 Å². The molecule has 4 heteroatoms. The van der Waals surface area contributed by atoms with Crippen molar-refractivity contribution in [2.45, 2.75) is 31.9 Å². The molecule has 0 radical (unpaired) electrons. The summed E-state index contributed by atoms with van der Waals surface area (Å²) in [6, 6.07) is 5.12. The number of nitrogens with zero attached hydrogens (tertiary/aromatic N) is 1. The monoisotopic (exact) mass is 253 g/mol. The molecule has 1 aliphatic rings. The molecule has 1 aromatic rings. The van der Waals surface area contributed by atoms with Gasteiger partial charge in [0.25, 0.3) is 0 Å². The van der Waals surface area contributed by atoms with Crippen molar-refractivity contribution in [2.24, 2.45) is 0 Å². The van der Waals surface area contributed by atoms with Gasteiger partial charge >= 0.3 is 0 Å². The van der Waals surface area contributed by atoms with Crippen molar-refractivity contribution in [3.8, 4) is 0 Å². The summed E-state index contributed by atoms with van der Waals surface area (Å²) in [6.45, 7) is 3.07. The lowest BCUT2D eigenvalue weighted by Crippen LogP contribution is -2.30. The SMILES string of the molecule is COCCN(c1ccc(F)cc1[C@H](C)O)C1CC1. The maximum atomic E-state index is 13.3. The summed E-state index contributed by atoms with van der Waals surface area (Å²) < 4.78 is 18.4. The van der Waals surface area contributed by atoms with Gasteiger partial charge in [-0.05, 0) is 38.0 Å². The third-order valence-electron chi connectivity index (χ3n) is 3.27. The Morgan fingerprint density at radius 1 is 1.50 bits per heavy atom. The number of hydrogen-bond donors (Lipinski definition) is 1. The van der Waals surface area contributed by atoms with E-state index in [1.165, 1.54) is 12.1 Å². The van der Waals surface area contributed by atoms with Crippen LogP contribution in [0.5, 0.6) is 0 Å². The zero-order chi connectivity index (χ0) is 13.1. The van der Waals surface area contributed by atoms with Gasteiger partial charge < -0.3 is 14.7 Å². The van der Waals surface area contributed by atoms with E-state index in [2.05, 4.69) is 4.90 Å². The number of aliphatic hydroxyl groups is 1. The molecule has 1 N–H and O–H groups in total. The van der Waals surface area contributed by atoms with Crippen molar-refractivity contribution in [1.29, 1.82) is 0 Å². The first-order chi connectivity index (χ1) is 8.63. The van der Waals surface area contributed by atoms with Crippen molar-refractivity contribution in [2.75, 3.05) is 25.2 Å². The van der Waals surface area contributed by atoms with Gasteiger partial charge in [0.2, 0.25) is 0 Å². The van der Waals surface area contributed by atoms with E-state index < -0.39 is 6.10 Å². The fourth-order valence-corrected chi connectivity index (χ4v) is 2.20. The van der Waals surface area contributed by atoms with E-state index in [-0.39, 0.29) is 5.82 Å². The van der Waals surface area contributed by atoms with Crippen molar-refractivity contribution in [3.05, 3.63) is 29.6 Å². The molecule has 1 aliphatic carbocycles. The molecule has 0 aromatic heterocycles. The van der Waals surface area contributed by atoms with Gasteiger partial charge in [0, 0.05) is 30.9 Å². The predicted octanol–water partition coefficient (Wildman–Crippen LogP) is 2.49. The van der Waals surface area contributed by atoms with Crippen LogP contribution >= 0.6 is 0 Å². The van der Waals surface area contributed by atoms with Crippen LogP contribution in [0.4, 0.5) is 10.1 Å². The Hall–Kier alpha value is -1.13. The molecule has 0 heterocycles. The van der Waals surface area contributed by atoms with E-state index >= 15 is 0 Å². The lowest BCUT2D eigenvalue weighted by molar-refractivity contribution is 0.196. The number of anilines is 1. The number of methoxy groups -OCH3 is 1. The normalized spacial score (nSPS) is 16.7. The van der Waals surface area contributed by atoms with E-state index in [1.54, 1.807) is 20.1 Å². The van der Waals surface area contributed by atoms with Gasteiger partial charge in [-0.3, -0.25) is 0 Å². The second kappa shape index (κ2) is 5.67. The summed E-state index contributed by atoms with van der Waals surface area (Å²) in [6.07, 6.45) is 1.64. The first-order valence-corrected chi connectivity index (χ1v) is 6.36. The average Bonchev–Trinajstić information content (AvgIpc) is 3.15. The molecule has 1 fully saturated rings. The second-order valence-corrected chi connectivity index (χ2v) is 4.80. The van der Waals surface area contributed by atoms with Crippen molar-refractivity contribution in [1.82, 2.24) is 0 Å². The number of rotatable bonds is 6. The lowest BCUT2D eigenvalue weighted by Gasteiger charge is -2.27. The third kappa shape index (κ3) is 3.00. The number of aliphatic hydroxyl groups excluding tert-OH is 1. The van der Waals surface area contributed by atoms with Gasteiger partial charge in [0.15, 0.2) is 0 Å². The van der Waals surface area contributed by atoms with Crippen LogP contribution in [0.15, 0.2) is 18.2 Å². The molecule has 0 bridgehead atoms. The maximum Gasteiger partial charge on any atom is 0.123 e. The van der Waals surface area contributed by atoms with Crippen molar-refractivity contribution in [3.63, 3.8) is 0 Å². The van der Waals surface area contributed by atoms with E-state index in [0.29, 0.717) is 18.2 Å². The summed E-state index contributed by atoms with van der Waals surface area (Å²) in [5.41, 5.74) is 1.57. The zero-order valence-electron chi connectivity index (χ0n) is 10.9. The van der Waals surface area contributed by atoms with Crippen LogP contribution in [0, 0.1) is 5.82 Å². The van der Waals surface area contributed by atoms with E-state index in [0.717, 1.165) is 25.1 Å². The van der Waals surface area contributed by atoms with Gasteiger partial charge in [-0.2, -0.15) is 0 Å². The number of hydrogen-bond acceptors (Lipinski definition) is 3. The molecule has 3 nitrogen and oxygen atoms in total. The van der Waals surface area contributed by atoms with Crippen LogP contribution in [0.2, 0.25) is 0 Å². The highest BCUT2D eigenvalue weighted by atomic mass is 19.1. The van der Waals surface area contributed by atoms with Crippen LogP contribution in [0.3, 0.4) is 0 Å². The minimum absolute atomic E-state index is 0.308. The summed E-state index contributed by atoms with van der Waals surface area (Å²) >= 11 is 0. The Kier molecular flexibility index (Phi) is 4.19. The average molecular weight is 253 g/mol. The van der Waals surface area contributed by atoms with Gasteiger partial charge in [0.05, 0.1) is 12.7 Å². The van der Waals surface area contributed by atoms with Gasteiger partial charge in [-0.25, -0.2) is 4.39 Å². The molecule has 0 spiro atoms. The highest BCUT2D eigenvalue weighted by molar-refractivity contribution is 5.56. The third-order valence-corrected chi connectivity index (χ3v) is 3.27. The molecule has 100 valence electrons. The first kappa shape index (κ1) is 13.3. The largest absolute Gasteiger partial charge is 0.389 e. The van der Waals surface area contributed by atoms with Crippen LogP contribution in [-0.4, -0.2) is 31.4 Å². The molecule has 0 aliphatic heterocycles. The highest BCUT2D eigenvalue weighted by Gasteiger charge is 2.30. The summed E-state index contributed by atoms with van der Waals surface area (Å²) in [5, 5.41) is 9.78. The molecule has 2 rings (SSSR count). The van der Waals surface area contributed by atoms with Crippen LogP contribution < -0.4 is 4.90 Å². The van der Waals surface area contributed by atoms with E-state index in [1.807, 2.05) is 0 Å². The number of halogens is 1.